The Morgan fingerprint density at radius 1 is 1.17 bits per heavy atom. The van der Waals surface area contributed by atoms with Crippen LogP contribution in [0.3, 0.4) is 0 Å². The number of rotatable bonds is 5. The molecule has 2 aromatic heterocycles. The molecule has 1 N–H and O–H groups in total. The molecule has 0 fully saturated rings. The molecule has 0 amide bonds. The van der Waals surface area contributed by atoms with Crippen LogP contribution in [-0.4, -0.2) is 14.9 Å². The quantitative estimate of drug-likeness (QED) is 0.527. The Morgan fingerprint density at radius 3 is 2.62 bits per heavy atom. The minimum atomic E-state index is -0.401. The van der Waals surface area contributed by atoms with Crippen LogP contribution in [0.25, 0.3) is 10.9 Å². The first-order chi connectivity index (χ1) is 11.4. The van der Waals surface area contributed by atoms with Gasteiger partial charge in [0.05, 0.1) is 27.2 Å². The molecule has 2 heterocycles. The SMILES string of the molecule is CC(C)c1nc(C(C)Nc2ccc3cc([N+](=O)[O-])ccc3n2)cs1. The van der Waals surface area contributed by atoms with E-state index in [0.29, 0.717) is 5.92 Å². The lowest BCUT2D eigenvalue weighted by Crippen LogP contribution is -2.08. The summed E-state index contributed by atoms with van der Waals surface area (Å²) in [5.74, 6) is 1.15. The summed E-state index contributed by atoms with van der Waals surface area (Å²) in [6.07, 6.45) is 0. The van der Waals surface area contributed by atoms with Gasteiger partial charge in [-0.1, -0.05) is 13.8 Å². The number of thiazole rings is 1. The van der Waals surface area contributed by atoms with Crippen LogP contribution in [0.1, 0.15) is 43.4 Å². The van der Waals surface area contributed by atoms with Crippen molar-refractivity contribution in [1.82, 2.24) is 9.97 Å². The molecule has 124 valence electrons. The van der Waals surface area contributed by atoms with Gasteiger partial charge >= 0.3 is 0 Å². The number of benzene rings is 1. The van der Waals surface area contributed by atoms with Gasteiger partial charge in [0.2, 0.25) is 0 Å². The molecule has 0 saturated heterocycles. The number of aromatic nitrogens is 2. The van der Waals surface area contributed by atoms with Gasteiger partial charge in [-0.05, 0) is 25.1 Å². The Bertz CT molecular complexity index is 891. The molecular weight excluding hydrogens is 324 g/mol. The standard InChI is InChI=1S/C17H18N4O2S/c1-10(2)17-20-15(9-24-17)11(3)18-16-7-4-12-8-13(21(22)23)5-6-14(12)19-16/h4-11H,1-3H3,(H,18,19). The highest BCUT2D eigenvalue weighted by atomic mass is 32.1. The molecule has 7 heteroatoms. The normalized spacial score (nSPS) is 12.5. The summed E-state index contributed by atoms with van der Waals surface area (Å²) in [7, 11) is 0. The highest BCUT2D eigenvalue weighted by Crippen LogP contribution is 2.26. The van der Waals surface area contributed by atoms with Crippen LogP contribution in [-0.2, 0) is 0 Å². The fourth-order valence-corrected chi connectivity index (χ4v) is 3.30. The van der Waals surface area contributed by atoms with Crippen molar-refractivity contribution >= 4 is 33.7 Å². The number of anilines is 1. The second-order valence-corrected chi connectivity index (χ2v) is 6.85. The van der Waals surface area contributed by atoms with E-state index in [2.05, 4.69) is 34.5 Å². The van der Waals surface area contributed by atoms with Crippen molar-refractivity contribution in [3.05, 3.63) is 56.5 Å². The van der Waals surface area contributed by atoms with Crippen molar-refractivity contribution in [3.63, 3.8) is 0 Å². The minimum absolute atomic E-state index is 0.0387. The summed E-state index contributed by atoms with van der Waals surface area (Å²) in [6, 6.07) is 8.38. The molecule has 0 aliphatic heterocycles. The van der Waals surface area contributed by atoms with Crippen molar-refractivity contribution in [1.29, 1.82) is 0 Å². The first-order valence-electron chi connectivity index (χ1n) is 7.71. The summed E-state index contributed by atoms with van der Waals surface area (Å²) >= 11 is 1.67. The predicted molar refractivity (Wildman–Crippen MR) is 96.6 cm³/mol. The fraction of sp³-hybridized carbons (Fsp3) is 0.294. The second-order valence-electron chi connectivity index (χ2n) is 5.96. The third-order valence-electron chi connectivity index (χ3n) is 3.73. The van der Waals surface area contributed by atoms with Gasteiger partial charge in [0.15, 0.2) is 0 Å². The molecule has 0 radical (unpaired) electrons. The van der Waals surface area contributed by atoms with Crippen molar-refractivity contribution in [2.75, 3.05) is 5.32 Å². The lowest BCUT2D eigenvalue weighted by atomic mass is 10.2. The fourth-order valence-electron chi connectivity index (χ4n) is 2.37. The van der Waals surface area contributed by atoms with E-state index in [1.807, 2.05) is 19.1 Å². The average molecular weight is 342 g/mol. The maximum atomic E-state index is 10.8. The summed E-state index contributed by atoms with van der Waals surface area (Å²) in [5.41, 5.74) is 1.79. The van der Waals surface area contributed by atoms with Gasteiger partial charge in [-0.15, -0.1) is 11.3 Å². The highest BCUT2D eigenvalue weighted by Gasteiger charge is 2.13. The first kappa shape index (κ1) is 16.3. The molecule has 0 bridgehead atoms. The van der Waals surface area contributed by atoms with Crippen molar-refractivity contribution in [2.45, 2.75) is 32.7 Å². The number of nitrogens with one attached hydrogen (secondary N) is 1. The van der Waals surface area contributed by atoms with Gasteiger partial charge < -0.3 is 5.32 Å². The number of nitrogens with zero attached hydrogens (tertiary/aromatic N) is 3. The smallest absolute Gasteiger partial charge is 0.270 e. The van der Waals surface area contributed by atoms with Gasteiger partial charge in [0, 0.05) is 28.8 Å². The first-order valence-corrected chi connectivity index (χ1v) is 8.59. The number of hydrogen-bond acceptors (Lipinski definition) is 6. The number of non-ortho nitro benzene ring substituents is 1. The second kappa shape index (κ2) is 6.52. The number of fused-ring (bicyclic) bond motifs is 1. The van der Waals surface area contributed by atoms with Crippen LogP contribution in [0.4, 0.5) is 11.5 Å². The Morgan fingerprint density at radius 2 is 1.96 bits per heavy atom. The molecule has 24 heavy (non-hydrogen) atoms. The van der Waals surface area contributed by atoms with Crippen LogP contribution in [0.15, 0.2) is 35.7 Å². The zero-order valence-electron chi connectivity index (χ0n) is 13.7. The Labute approximate surface area is 143 Å². The van der Waals surface area contributed by atoms with Gasteiger partial charge in [-0.3, -0.25) is 10.1 Å². The van der Waals surface area contributed by atoms with Crippen molar-refractivity contribution in [2.24, 2.45) is 0 Å². The number of nitro groups is 1. The van der Waals surface area contributed by atoms with Crippen LogP contribution >= 0.6 is 11.3 Å². The predicted octanol–water partition coefficient (Wildman–Crippen LogP) is 4.90. The van der Waals surface area contributed by atoms with Crippen molar-refractivity contribution in [3.8, 4) is 0 Å². The molecule has 0 aliphatic rings. The molecule has 3 rings (SSSR count). The van der Waals surface area contributed by atoms with E-state index in [1.165, 1.54) is 12.1 Å². The molecule has 3 aromatic rings. The molecule has 0 aliphatic carbocycles. The van der Waals surface area contributed by atoms with E-state index in [1.54, 1.807) is 17.4 Å². The van der Waals surface area contributed by atoms with Gasteiger partial charge in [-0.2, -0.15) is 0 Å². The third-order valence-corrected chi connectivity index (χ3v) is 4.89. The van der Waals surface area contributed by atoms with E-state index < -0.39 is 4.92 Å². The van der Waals surface area contributed by atoms with Gasteiger partial charge in [0.1, 0.15) is 5.82 Å². The summed E-state index contributed by atoms with van der Waals surface area (Å²) in [5, 5.41) is 18.1. The van der Waals surface area contributed by atoms with Crippen LogP contribution in [0.2, 0.25) is 0 Å². The number of pyridine rings is 1. The Hall–Kier alpha value is -2.54. The lowest BCUT2D eigenvalue weighted by Gasteiger charge is -2.13. The molecule has 0 saturated carbocycles. The number of nitro benzene ring substituents is 1. The highest BCUT2D eigenvalue weighted by molar-refractivity contribution is 7.09. The third kappa shape index (κ3) is 3.35. The maximum Gasteiger partial charge on any atom is 0.270 e. The zero-order valence-corrected chi connectivity index (χ0v) is 14.5. The van der Waals surface area contributed by atoms with Gasteiger partial charge in [-0.25, -0.2) is 9.97 Å². The Kier molecular flexibility index (Phi) is 4.44. The lowest BCUT2D eigenvalue weighted by molar-refractivity contribution is -0.384. The number of hydrogen-bond donors (Lipinski definition) is 1. The van der Waals surface area contributed by atoms with Gasteiger partial charge in [0.25, 0.3) is 5.69 Å². The molecule has 1 atom stereocenters. The molecular formula is C17H18N4O2S. The molecule has 1 aromatic carbocycles. The van der Waals surface area contributed by atoms with E-state index in [0.717, 1.165) is 27.4 Å². The largest absolute Gasteiger partial charge is 0.362 e. The van der Waals surface area contributed by atoms with E-state index in [-0.39, 0.29) is 11.7 Å². The minimum Gasteiger partial charge on any atom is -0.362 e. The topological polar surface area (TPSA) is 81.0 Å². The summed E-state index contributed by atoms with van der Waals surface area (Å²) in [4.78, 5) is 19.6. The monoisotopic (exact) mass is 342 g/mol. The average Bonchev–Trinajstić information content (AvgIpc) is 3.04. The van der Waals surface area contributed by atoms with Crippen molar-refractivity contribution < 1.29 is 4.92 Å². The molecule has 1 unspecified atom stereocenters. The molecule has 0 spiro atoms. The maximum absolute atomic E-state index is 10.8. The Balaban J connectivity index is 1.81. The molecule has 6 nitrogen and oxygen atoms in total. The zero-order chi connectivity index (χ0) is 17.3. The summed E-state index contributed by atoms with van der Waals surface area (Å²) < 4.78 is 0. The van der Waals surface area contributed by atoms with E-state index in [4.69, 9.17) is 0 Å². The van der Waals surface area contributed by atoms with Crippen LogP contribution < -0.4 is 5.32 Å². The van der Waals surface area contributed by atoms with E-state index in [9.17, 15) is 10.1 Å². The van der Waals surface area contributed by atoms with Crippen LogP contribution in [0, 0.1) is 10.1 Å². The van der Waals surface area contributed by atoms with Crippen LogP contribution in [0.5, 0.6) is 0 Å². The summed E-state index contributed by atoms with van der Waals surface area (Å²) in [6.45, 7) is 6.30. The van der Waals surface area contributed by atoms with E-state index >= 15 is 0 Å².